The van der Waals surface area contributed by atoms with Crippen LogP contribution in [0, 0.1) is 12.7 Å². The number of anilines is 1. The maximum atomic E-state index is 13.2. The van der Waals surface area contributed by atoms with Crippen LogP contribution in [0.3, 0.4) is 0 Å². The molecule has 0 atom stereocenters. The van der Waals surface area contributed by atoms with Gasteiger partial charge in [0.2, 0.25) is 0 Å². The van der Waals surface area contributed by atoms with Crippen molar-refractivity contribution < 1.29 is 4.39 Å². The quantitative estimate of drug-likeness (QED) is 0.761. The van der Waals surface area contributed by atoms with Gasteiger partial charge in [-0.05, 0) is 19.1 Å². The highest BCUT2D eigenvalue weighted by Gasteiger charge is 2.06. The molecule has 0 saturated carbocycles. The zero-order chi connectivity index (χ0) is 11.5. The summed E-state index contributed by atoms with van der Waals surface area (Å²) < 4.78 is 13.2. The molecule has 0 fully saturated rings. The summed E-state index contributed by atoms with van der Waals surface area (Å²) in [5.41, 5.74) is 6.85. The van der Waals surface area contributed by atoms with E-state index in [1.165, 1.54) is 12.1 Å². The van der Waals surface area contributed by atoms with E-state index in [0.29, 0.717) is 11.4 Å². The molecule has 16 heavy (non-hydrogen) atoms. The molecule has 0 unspecified atom stereocenters. The van der Waals surface area contributed by atoms with Gasteiger partial charge in [-0.3, -0.25) is 5.10 Å². The lowest BCUT2D eigenvalue weighted by atomic mass is 10.3. The molecule has 0 spiro atoms. The number of nitrogens with two attached hydrogens (primary N) is 1. The van der Waals surface area contributed by atoms with Crippen molar-refractivity contribution in [3.05, 3.63) is 35.8 Å². The zero-order valence-electron chi connectivity index (χ0n) is 8.61. The first-order valence-electron chi connectivity index (χ1n) is 4.65. The molecule has 0 radical (unpaired) electrons. The molecule has 0 bridgehead atoms. The van der Waals surface area contributed by atoms with Crippen LogP contribution < -0.4 is 5.73 Å². The van der Waals surface area contributed by atoms with Gasteiger partial charge in [-0.15, -0.1) is 10.2 Å². The lowest BCUT2D eigenvalue weighted by Crippen LogP contribution is -1.83. The van der Waals surface area contributed by atoms with Gasteiger partial charge >= 0.3 is 0 Å². The normalized spacial score (nSPS) is 11.1. The summed E-state index contributed by atoms with van der Waals surface area (Å²) in [5.74, 6) is -0.177. The van der Waals surface area contributed by atoms with E-state index in [9.17, 15) is 4.39 Å². The minimum Gasteiger partial charge on any atom is -0.380 e. The largest absolute Gasteiger partial charge is 0.380 e. The van der Waals surface area contributed by atoms with Gasteiger partial charge in [0.25, 0.3) is 0 Å². The van der Waals surface area contributed by atoms with Gasteiger partial charge in [0.15, 0.2) is 11.6 Å². The van der Waals surface area contributed by atoms with E-state index >= 15 is 0 Å². The second-order valence-electron chi connectivity index (χ2n) is 3.23. The molecule has 2 rings (SSSR count). The lowest BCUT2D eigenvalue weighted by Gasteiger charge is -1.94. The number of halogens is 1. The van der Waals surface area contributed by atoms with Crippen LogP contribution in [0.1, 0.15) is 5.69 Å². The Morgan fingerprint density at radius 3 is 2.69 bits per heavy atom. The van der Waals surface area contributed by atoms with Crippen LogP contribution in [0.25, 0.3) is 0 Å². The Morgan fingerprint density at radius 2 is 2.06 bits per heavy atom. The van der Waals surface area contributed by atoms with Crippen molar-refractivity contribution in [1.29, 1.82) is 0 Å². The van der Waals surface area contributed by atoms with Crippen LogP contribution >= 0.6 is 0 Å². The monoisotopic (exact) mass is 219 g/mol. The summed E-state index contributed by atoms with van der Waals surface area (Å²) in [6.45, 7) is 1.76. The standard InChI is InChI=1S/C10H10FN5/c1-6-9(10(12)16-13-6)15-14-8-5-3-2-4-7(8)11/h2-5H,1H3,(H3,12,13,16). The summed E-state index contributed by atoms with van der Waals surface area (Å²) in [4.78, 5) is 0. The fourth-order valence-electron chi connectivity index (χ4n) is 1.21. The Bertz CT molecular complexity index is 512. The number of aryl methyl sites for hydroxylation is 1. The first-order chi connectivity index (χ1) is 7.68. The van der Waals surface area contributed by atoms with E-state index in [-0.39, 0.29) is 11.5 Å². The smallest absolute Gasteiger partial charge is 0.173 e. The Morgan fingerprint density at radius 1 is 1.31 bits per heavy atom. The minimum atomic E-state index is -0.425. The van der Waals surface area contributed by atoms with Crippen LogP contribution in [0.2, 0.25) is 0 Å². The number of aromatic amines is 1. The van der Waals surface area contributed by atoms with Crippen molar-refractivity contribution in [1.82, 2.24) is 10.2 Å². The Hall–Kier alpha value is -2.24. The number of nitrogens with zero attached hydrogens (tertiary/aromatic N) is 3. The SMILES string of the molecule is Cc1[nH]nc(N)c1N=Nc1ccccc1F. The van der Waals surface area contributed by atoms with Crippen LogP contribution in [-0.2, 0) is 0 Å². The molecule has 0 saturated heterocycles. The average molecular weight is 219 g/mol. The number of benzene rings is 1. The first-order valence-corrected chi connectivity index (χ1v) is 4.65. The molecule has 1 aromatic heterocycles. The van der Waals surface area contributed by atoms with Crippen LogP contribution in [-0.4, -0.2) is 10.2 Å². The molecular weight excluding hydrogens is 209 g/mol. The molecule has 1 heterocycles. The van der Waals surface area contributed by atoms with Crippen molar-refractivity contribution in [2.24, 2.45) is 10.2 Å². The second-order valence-corrected chi connectivity index (χ2v) is 3.23. The molecular formula is C10H10FN5. The zero-order valence-corrected chi connectivity index (χ0v) is 8.61. The Kier molecular flexibility index (Phi) is 2.63. The van der Waals surface area contributed by atoms with Crippen molar-refractivity contribution >= 4 is 17.2 Å². The van der Waals surface area contributed by atoms with Crippen LogP contribution in [0.15, 0.2) is 34.5 Å². The third-order valence-corrected chi connectivity index (χ3v) is 2.05. The van der Waals surface area contributed by atoms with Crippen molar-refractivity contribution in [3.8, 4) is 0 Å². The highest BCUT2D eigenvalue weighted by molar-refractivity contribution is 5.59. The van der Waals surface area contributed by atoms with E-state index in [1.54, 1.807) is 19.1 Å². The molecule has 82 valence electrons. The van der Waals surface area contributed by atoms with Gasteiger partial charge in [-0.25, -0.2) is 4.39 Å². The van der Waals surface area contributed by atoms with Gasteiger partial charge in [-0.1, -0.05) is 12.1 Å². The third-order valence-electron chi connectivity index (χ3n) is 2.05. The van der Waals surface area contributed by atoms with E-state index in [0.717, 1.165) is 0 Å². The maximum Gasteiger partial charge on any atom is 0.173 e. The summed E-state index contributed by atoms with van der Waals surface area (Å²) in [6.07, 6.45) is 0. The first kappa shape index (κ1) is 10.3. The number of H-pyrrole nitrogens is 1. The van der Waals surface area contributed by atoms with Gasteiger partial charge in [0, 0.05) is 0 Å². The molecule has 0 aliphatic carbocycles. The van der Waals surface area contributed by atoms with E-state index < -0.39 is 5.82 Å². The fraction of sp³-hybridized carbons (Fsp3) is 0.100. The van der Waals surface area contributed by atoms with Gasteiger partial charge < -0.3 is 5.73 Å². The molecule has 0 aliphatic rings. The number of hydrogen-bond acceptors (Lipinski definition) is 4. The van der Waals surface area contributed by atoms with E-state index in [1.807, 2.05) is 0 Å². The molecule has 1 aromatic carbocycles. The molecule has 2 aromatic rings. The molecule has 6 heteroatoms. The van der Waals surface area contributed by atoms with Crippen molar-refractivity contribution in [2.75, 3.05) is 5.73 Å². The number of nitrogens with one attached hydrogen (secondary N) is 1. The number of aromatic nitrogens is 2. The molecule has 0 amide bonds. The Balaban J connectivity index is 2.32. The Labute approximate surface area is 91.2 Å². The third kappa shape index (κ3) is 1.90. The van der Waals surface area contributed by atoms with E-state index in [4.69, 9.17) is 5.73 Å². The second kappa shape index (κ2) is 4.09. The average Bonchev–Trinajstić information content (AvgIpc) is 2.58. The summed E-state index contributed by atoms with van der Waals surface area (Å²) in [7, 11) is 0. The number of azo groups is 1. The summed E-state index contributed by atoms with van der Waals surface area (Å²) >= 11 is 0. The number of rotatable bonds is 2. The number of nitrogen functional groups attached to an aromatic ring is 1. The summed E-state index contributed by atoms with van der Waals surface area (Å²) in [5, 5.41) is 14.1. The minimum absolute atomic E-state index is 0.169. The predicted molar refractivity (Wildman–Crippen MR) is 58.3 cm³/mol. The summed E-state index contributed by atoms with van der Waals surface area (Å²) in [6, 6.07) is 6.12. The van der Waals surface area contributed by atoms with Gasteiger partial charge in [-0.2, -0.15) is 5.10 Å². The van der Waals surface area contributed by atoms with Crippen molar-refractivity contribution in [2.45, 2.75) is 6.92 Å². The van der Waals surface area contributed by atoms with E-state index in [2.05, 4.69) is 20.4 Å². The predicted octanol–water partition coefficient (Wildman–Crippen LogP) is 2.85. The highest BCUT2D eigenvalue weighted by Crippen LogP contribution is 2.26. The lowest BCUT2D eigenvalue weighted by molar-refractivity contribution is 0.628. The van der Waals surface area contributed by atoms with Crippen molar-refractivity contribution in [3.63, 3.8) is 0 Å². The number of hydrogen-bond donors (Lipinski definition) is 2. The molecule has 3 N–H and O–H groups in total. The highest BCUT2D eigenvalue weighted by atomic mass is 19.1. The van der Waals surface area contributed by atoms with Gasteiger partial charge in [0.1, 0.15) is 11.4 Å². The molecule has 5 nitrogen and oxygen atoms in total. The van der Waals surface area contributed by atoms with Gasteiger partial charge in [0.05, 0.1) is 5.69 Å². The topological polar surface area (TPSA) is 79.4 Å². The van der Waals surface area contributed by atoms with Crippen LogP contribution in [0.4, 0.5) is 21.6 Å². The maximum absolute atomic E-state index is 13.2. The van der Waals surface area contributed by atoms with Crippen LogP contribution in [0.5, 0.6) is 0 Å². The molecule has 0 aliphatic heterocycles. The fourth-order valence-corrected chi connectivity index (χ4v) is 1.21.